The summed E-state index contributed by atoms with van der Waals surface area (Å²) in [4.78, 5) is 1.26. The van der Waals surface area contributed by atoms with Crippen molar-refractivity contribution in [1.29, 1.82) is 0 Å². The Balaban J connectivity index is 2.12. The molecule has 1 aliphatic heterocycles. The molecule has 0 amide bonds. The summed E-state index contributed by atoms with van der Waals surface area (Å²) in [5, 5.41) is 16.5. The van der Waals surface area contributed by atoms with Crippen molar-refractivity contribution in [1.82, 2.24) is 0 Å². The van der Waals surface area contributed by atoms with Crippen LogP contribution in [0.2, 0.25) is 0 Å². The number of phenolic OH excluding ortho intramolecular Hbond substituents is 1. The number of hydrogen-bond acceptors (Lipinski definition) is 2. The van der Waals surface area contributed by atoms with Gasteiger partial charge in [-0.3, -0.25) is 0 Å². The Bertz CT molecular complexity index is 941. The highest BCUT2D eigenvalue weighted by Crippen LogP contribution is 2.26. The minimum Gasteiger partial charge on any atom is -0.507 e. The fourth-order valence-electron chi connectivity index (χ4n) is 2.57. The Morgan fingerprint density at radius 3 is 2.70 bits per heavy atom. The molecular formula is C18H12OS. The van der Waals surface area contributed by atoms with E-state index in [4.69, 9.17) is 0 Å². The summed E-state index contributed by atoms with van der Waals surface area (Å²) in [6, 6.07) is 18.2. The van der Waals surface area contributed by atoms with Crippen molar-refractivity contribution in [2.45, 2.75) is 4.90 Å². The van der Waals surface area contributed by atoms with Crippen LogP contribution in [0.5, 0.6) is 5.75 Å². The van der Waals surface area contributed by atoms with Crippen LogP contribution in [0.4, 0.5) is 0 Å². The molecule has 0 saturated carbocycles. The highest BCUT2D eigenvalue weighted by molar-refractivity contribution is 8.06. The first-order valence-corrected chi connectivity index (χ1v) is 7.39. The number of hydrogen-bond donors (Lipinski definition) is 1. The van der Waals surface area contributed by atoms with Crippen molar-refractivity contribution in [3.63, 3.8) is 0 Å². The molecule has 0 spiro atoms. The van der Waals surface area contributed by atoms with E-state index < -0.39 is 0 Å². The van der Waals surface area contributed by atoms with Crippen LogP contribution in [-0.4, -0.2) is 5.11 Å². The summed E-state index contributed by atoms with van der Waals surface area (Å²) in [5.74, 6) is 0.337. The third kappa shape index (κ3) is 1.81. The van der Waals surface area contributed by atoms with Crippen molar-refractivity contribution in [2.75, 3.05) is 0 Å². The second-order valence-electron chi connectivity index (χ2n) is 4.90. The number of fused-ring (bicyclic) bond motifs is 3. The first-order valence-electron chi connectivity index (χ1n) is 6.51. The van der Waals surface area contributed by atoms with E-state index in [1.165, 1.54) is 15.7 Å². The predicted octanol–water partition coefficient (Wildman–Crippen LogP) is 3.22. The zero-order valence-corrected chi connectivity index (χ0v) is 11.5. The number of phenols is 1. The number of thioether (sulfide) groups is 1. The minimum atomic E-state index is 0.337. The Hall–Kier alpha value is -2.19. The third-order valence-corrected chi connectivity index (χ3v) is 4.60. The van der Waals surface area contributed by atoms with Gasteiger partial charge >= 0.3 is 0 Å². The van der Waals surface area contributed by atoms with Gasteiger partial charge in [-0.15, -0.1) is 0 Å². The summed E-state index contributed by atoms with van der Waals surface area (Å²) in [5.41, 5.74) is 1.22. The van der Waals surface area contributed by atoms with Gasteiger partial charge in [0.2, 0.25) is 0 Å². The quantitative estimate of drug-likeness (QED) is 0.680. The molecule has 0 fully saturated rings. The van der Waals surface area contributed by atoms with E-state index in [0.29, 0.717) is 5.75 Å². The van der Waals surface area contributed by atoms with Crippen molar-refractivity contribution >= 4 is 34.0 Å². The van der Waals surface area contributed by atoms with Crippen molar-refractivity contribution < 1.29 is 5.11 Å². The first kappa shape index (κ1) is 11.6. The van der Waals surface area contributed by atoms with E-state index in [0.717, 1.165) is 16.0 Å². The highest BCUT2D eigenvalue weighted by Gasteiger charge is 2.05. The molecule has 4 rings (SSSR count). The molecule has 0 saturated heterocycles. The Labute approximate surface area is 120 Å². The number of benzene rings is 3. The van der Waals surface area contributed by atoms with Crippen molar-refractivity contribution in [3.05, 3.63) is 70.6 Å². The lowest BCUT2D eigenvalue weighted by molar-refractivity contribution is 0.481. The molecule has 0 aromatic heterocycles. The molecule has 0 aliphatic carbocycles. The molecule has 3 aromatic carbocycles. The summed E-state index contributed by atoms with van der Waals surface area (Å²) < 4.78 is 0. The van der Waals surface area contributed by atoms with Gasteiger partial charge in [0.15, 0.2) is 0 Å². The van der Waals surface area contributed by atoms with Gasteiger partial charge in [0.25, 0.3) is 0 Å². The van der Waals surface area contributed by atoms with E-state index in [9.17, 15) is 5.11 Å². The maximum Gasteiger partial charge on any atom is 0.123 e. The van der Waals surface area contributed by atoms with Crippen LogP contribution in [0.1, 0.15) is 5.56 Å². The largest absolute Gasteiger partial charge is 0.507 e. The lowest BCUT2D eigenvalue weighted by Crippen LogP contribution is -2.23. The second kappa shape index (κ2) is 4.43. The molecule has 0 radical (unpaired) electrons. The molecule has 3 aromatic rings. The maximum atomic E-state index is 10.0. The van der Waals surface area contributed by atoms with E-state index in [1.807, 2.05) is 12.1 Å². The van der Waals surface area contributed by atoms with Gasteiger partial charge in [0, 0.05) is 10.3 Å². The van der Waals surface area contributed by atoms with Crippen molar-refractivity contribution in [3.8, 4) is 5.75 Å². The molecule has 1 heterocycles. The standard InChI is InChI=1S/C18H12OS/c19-17-6-3-5-12-8-15-11-20-18-7-2-1-4-13(18)9-14(15)10-16(12)17/h1-11,19H. The molecular weight excluding hydrogens is 264 g/mol. The molecule has 1 N–H and O–H groups in total. The zero-order valence-electron chi connectivity index (χ0n) is 10.7. The first-order chi connectivity index (χ1) is 9.81. The van der Waals surface area contributed by atoms with Crippen LogP contribution < -0.4 is 10.4 Å². The summed E-state index contributed by atoms with van der Waals surface area (Å²) in [6.07, 6.45) is 2.19. The molecule has 1 nitrogen and oxygen atoms in total. The Morgan fingerprint density at radius 2 is 1.75 bits per heavy atom. The molecule has 1 aliphatic rings. The topological polar surface area (TPSA) is 20.2 Å². The molecule has 96 valence electrons. The van der Waals surface area contributed by atoms with Gasteiger partial charge in [0.1, 0.15) is 5.75 Å². The van der Waals surface area contributed by atoms with E-state index >= 15 is 0 Å². The predicted molar refractivity (Wildman–Crippen MR) is 85.2 cm³/mol. The monoisotopic (exact) mass is 276 g/mol. The molecule has 0 bridgehead atoms. The summed E-state index contributed by atoms with van der Waals surface area (Å²) >= 11 is 1.75. The second-order valence-corrected chi connectivity index (χ2v) is 5.81. The molecule has 2 heteroatoms. The normalized spacial score (nSPS) is 12.8. The van der Waals surface area contributed by atoms with Gasteiger partial charge < -0.3 is 5.11 Å². The van der Waals surface area contributed by atoms with Crippen molar-refractivity contribution in [2.24, 2.45) is 0 Å². The van der Waals surface area contributed by atoms with E-state index in [1.54, 1.807) is 17.8 Å². The van der Waals surface area contributed by atoms with Gasteiger partial charge in [-0.05, 0) is 57.1 Å². The Morgan fingerprint density at radius 1 is 0.850 bits per heavy atom. The highest BCUT2D eigenvalue weighted by atomic mass is 32.2. The molecule has 20 heavy (non-hydrogen) atoms. The smallest absolute Gasteiger partial charge is 0.123 e. The summed E-state index contributed by atoms with van der Waals surface area (Å²) in [6.45, 7) is 0. The van der Waals surface area contributed by atoms with E-state index in [-0.39, 0.29) is 0 Å². The maximum absolute atomic E-state index is 10.0. The number of rotatable bonds is 0. The fourth-order valence-corrected chi connectivity index (χ4v) is 3.45. The molecule has 0 unspecified atom stereocenters. The van der Waals surface area contributed by atoms with E-state index in [2.05, 4.69) is 47.9 Å². The van der Waals surface area contributed by atoms with Gasteiger partial charge in [-0.2, -0.15) is 0 Å². The average Bonchev–Trinajstić information content (AvgIpc) is 2.65. The SMILES string of the molecule is Oc1cccc2cc3c(cc12)=Cc1ccccc1SC=3. The van der Waals surface area contributed by atoms with Gasteiger partial charge in [0.05, 0.1) is 0 Å². The van der Waals surface area contributed by atoms with Crippen LogP contribution >= 0.6 is 11.8 Å². The van der Waals surface area contributed by atoms with Crippen LogP contribution in [0, 0.1) is 0 Å². The zero-order chi connectivity index (χ0) is 13.5. The van der Waals surface area contributed by atoms with Crippen LogP contribution in [-0.2, 0) is 0 Å². The van der Waals surface area contributed by atoms with Gasteiger partial charge in [-0.25, -0.2) is 0 Å². The summed E-state index contributed by atoms with van der Waals surface area (Å²) in [7, 11) is 0. The molecule has 0 atom stereocenters. The van der Waals surface area contributed by atoms with Crippen LogP contribution in [0.3, 0.4) is 0 Å². The van der Waals surface area contributed by atoms with Gasteiger partial charge in [-0.1, -0.05) is 42.1 Å². The lowest BCUT2D eigenvalue weighted by Gasteiger charge is -2.01. The fraction of sp³-hybridized carbons (Fsp3) is 0. The lowest BCUT2D eigenvalue weighted by atomic mass is 10.1. The van der Waals surface area contributed by atoms with Crippen LogP contribution in [0.25, 0.3) is 22.3 Å². The van der Waals surface area contributed by atoms with Crippen LogP contribution in [0.15, 0.2) is 59.5 Å². The third-order valence-electron chi connectivity index (χ3n) is 3.60. The average molecular weight is 276 g/mol. The Kier molecular flexibility index (Phi) is 2.57. The number of aromatic hydroxyl groups is 1. The minimum absolute atomic E-state index is 0.337.